The van der Waals surface area contributed by atoms with Crippen molar-refractivity contribution in [2.45, 2.75) is 33.2 Å². The number of hydrogen-bond acceptors (Lipinski definition) is 4. The maximum atomic E-state index is 12.2. The van der Waals surface area contributed by atoms with E-state index in [1.807, 2.05) is 0 Å². The highest BCUT2D eigenvalue weighted by atomic mass is 16.3. The molecule has 0 saturated carbocycles. The van der Waals surface area contributed by atoms with Gasteiger partial charge in [0.2, 0.25) is 0 Å². The van der Waals surface area contributed by atoms with Crippen LogP contribution < -0.4 is 5.32 Å². The molecule has 22 heavy (non-hydrogen) atoms. The maximum Gasteiger partial charge on any atom is 0.251 e. The Bertz CT molecular complexity index is 600. The molecular weight excluding hydrogens is 280 g/mol. The number of aliphatic hydroxyl groups is 1. The van der Waals surface area contributed by atoms with Crippen molar-refractivity contribution < 1.29 is 9.90 Å². The molecular formula is C16H22N4O2. The van der Waals surface area contributed by atoms with Crippen molar-refractivity contribution in [1.82, 2.24) is 20.1 Å². The minimum absolute atomic E-state index is 0.0393. The van der Waals surface area contributed by atoms with Crippen LogP contribution in [0.15, 0.2) is 36.9 Å². The summed E-state index contributed by atoms with van der Waals surface area (Å²) < 4.78 is 1.62. The van der Waals surface area contributed by atoms with E-state index in [4.69, 9.17) is 0 Å². The summed E-state index contributed by atoms with van der Waals surface area (Å²) >= 11 is 0. The summed E-state index contributed by atoms with van der Waals surface area (Å²) in [6.07, 6.45) is 3.77. The minimum atomic E-state index is -0.248. The summed E-state index contributed by atoms with van der Waals surface area (Å²) in [7, 11) is 0. The molecule has 0 fully saturated rings. The Morgan fingerprint density at radius 1 is 1.32 bits per heavy atom. The van der Waals surface area contributed by atoms with Crippen molar-refractivity contribution >= 4 is 5.91 Å². The van der Waals surface area contributed by atoms with Gasteiger partial charge in [-0.15, -0.1) is 0 Å². The number of amides is 1. The van der Waals surface area contributed by atoms with Crippen molar-refractivity contribution in [1.29, 1.82) is 0 Å². The molecule has 0 aliphatic heterocycles. The van der Waals surface area contributed by atoms with Crippen molar-refractivity contribution in [2.24, 2.45) is 5.41 Å². The van der Waals surface area contributed by atoms with E-state index in [0.717, 1.165) is 5.69 Å². The molecule has 0 aliphatic rings. The monoisotopic (exact) mass is 302 g/mol. The van der Waals surface area contributed by atoms with Gasteiger partial charge in [-0.25, -0.2) is 9.67 Å². The number of benzene rings is 1. The standard InChI is InChI=1S/C16H22N4O2/c1-16(2,3)8-13(9-21)19-15(22)12-4-6-14(7-5-12)20-11-17-10-18-20/h4-7,10-11,13,21H,8-9H2,1-3H3,(H,19,22). The Kier molecular flexibility index (Phi) is 4.92. The van der Waals surface area contributed by atoms with Crippen LogP contribution in [0.3, 0.4) is 0 Å². The van der Waals surface area contributed by atoms with Crippen molar-refractivity contribution in [2.75, 3.05) is 6.61 Å². The number of aromatic nitrogens is 3. The topological polar surface area (TPSA) is 80.0 Å². The van der Waals surface area contributed by atoms with E-state index in [2.05, 4.69) is 36.2 Å². The Morgan fingerprint density at radius 3 is 2.50 bits per heavy atom. The van der Waals surface area contributed by atoms with Gasteiger partial charge in [0.15, 0.2) is 0 Å². The van der Waals surface area contributed by atoms with Crippen LogP contribution in [0, 0.1) is 5.41 Å². The van der Waals surface area contributed by atoms with Gasteiger partial charge in [0, 0.05) is 5.56 Å². The van der Waals surface area contributed by atoms with Gasteiger partial charge in [0.1, 0.15) is 12.7 Å². The van der Waals surface area contributed by atoms with Gasteiger partial charge >= 0.3 is 0 Å². The van der Waals surface area contributed by atoms with Gasteiger partial charge in [-0.05, 0) is 36.1 Å². The smallest absolute Gasteiger partial charge is 0.251 e. The Balaban J connectivity index is 2.03. The highest BCUT2D eigenvalue weighted by Gasteiger charge is 2.20. The normalized spacial score (nSPS) is 12.9. The molecule has 118 valence electrons. The number of rotatable bonds is 5. The Labute approximate surface area is 130 Å². The van der Waals surface area contributed by atoms with Crippen molar-refractivity contribution in [3.05, 3.63) is 42.5 Å². The minimum Gasteiger partial charge on any atom is -0.394 e. The molecule has 2 rings (SSSR count). The van der Waals surface area contributed by atoms with E-state index < -0.39 is 0 Å². The third-order valence-corrected chi connectivity index (χ3v) is 3.23. The van der Waals surface area contributed by atoms with Crippen LogP contribution in [0.1, 0.15) is 37.6 Å². The van der Waals surface area contributed by atoms with Gasteiger partial charge in [0.05, 0.1) is 18.3 Å². The van der Waals surface area contributed by atoms with Crippen molar-refractivity contribution in [3.8, 4) is 5.69 Å². The summed E-state index contributed by atoms with van der Waals surface area (Å²) in [5, 5.41) is 16.3. The molecule has 6 heteroatoms. The second-order valence-electron chi connectivity index (χ2n) is 6.50. The molecule has 0 aliphatic carbocycles. The zero-order valence-electron chi connectivity index (χ0n) is 13.2. The second-order valence-corrected chi connectivity index (χ2v) is 6.50. The highest BCUT2D eigenvalue weighted by Crippen LogP contribution is 2.20. The predicted octanol–water partition coefficient (Wildman–Crippen LogP) is 1.79. The first kappa shape index (κ1) is 16.2. The lowest BCUT2D eigenvalue weighted by molar-refractivity contribution is 0.0897. The summed E-state index contributed by atoms with van der Waals surface area (Å²) in [5.74, 6) is -0.187. The predicted molar refractivity (Wildman–Crippen MR) is 83.8 cm³/mol. The Morgan fingerprint density at radius 2 is 2.00 bits per heavy atom. The van der Waals surface area contributed by atoms with Gasteiger partial charge in [0.25, 0.3) is 5.91 Å². The lowest BCUT2D eigenvalue weighted by atomic mass is 9.88. The van der Waals surface area contributed by atoms with Crippen LogP contribution in [0.5, 0.6) is 0 Å². The highest BCUT2D eigenvalue weighted by molar-refractivity contribution is 5.94. The lowest BCUT2D eigenvalue weighted by Crippen LogP contribution is -2.40. The molecule has 2 aromatic rings. The second kappa shape index (κ2) is 6.70. The van der Waals surface area contributed by atoms with Crippen LogP contribution in [0.2, 0.25) is 0 Å². The number of nitrogens with zero attached hydrogens (tertiary/aromatic N) is 3. The fourth-order valence-corrected chi connectivity index (χ4v) is 2.28. The zero-order chi connectivity index (χ0) is 16.2. The fourth-order valence-electron chi connectivity index (χ4n) is 2.28. The molecule has 1 aromatic carbocycles. The molecule has 0 bridgehead atoms. The number of carbonyl (C=O) groups excluding carboxylic acids is 1. The quantitative estimate of drug-likeness (QED) is 0.882. The van der Waals surface area contributed by atoms with Crippen LogP contribution in [-0.4, -0.2) is 38.4 Å². The van der Waals surface area contributed by atoms with Gasteiger partial charge in [-0.2, -0.15) is 5.10 Å². The van der Waals surface area contributed by atoms with Gasteiger partial charge in [-0.1, -0.05) is 20.8 Å². The van der Waals surface area contributed by atoms with E-state index in [9.17, 15) is 9.90 Å². The largest absolute Gasteiger partial charge is 0.394 e. The first-order chi connectivity index (χ1) is 10.4. The van der Waals surface area contributed by atoms with Crippen LogP contribution in [0.4, 0.5) is 0 Å². The third kappa shape index (κ3) is 4.39. The molecule has 6 nitrogen and oxygen atoms in total. The maximum absolute atomic E-state index is 12.2. The first-order valence-electron chi connectivity index (χ1n) is 7.26. The SMILES string of the molecule is CC(C)(C)CC(CO)NC(=O)c1ccc(-n2cncn2)cc1. The first-order valence-corrected chi connectivity index (χ1v) is 7.26. The molecule has 1 amide bonds. The average Bonchev–Trinajstić information content (AvgIpc) is 2.99. The van der Waals surface area contributed by atoms with Crippen LogP contribution >= 0.6 is 0 Å². The van der Waals surface area contributed by atoms with E-state index in [-0.39, 0.29) is 24.0 Å². The van der Waals surface area contributed by atoms with E-state index in [0.29, 0.717) is 12.0 Å². The van der Waals surface area contributed by atoms with Crippen LogP contribution in [0.25, 0.3) is 5.69 Å². The molecule has 2 N–H and O–H groups in total. The number of aliphatic hydroxyl groups excluding tert-OH is 1. The summed E-state index contributed by atoms with van der Waals surface area (Å²) in [5.41, 5.74) is 1.43. The van der Waals surface area contributed by atoms with Gasteiger partial charge in [-0.3, -0.25) is 4.79 Å². The number of carbonyl (C=O) groups is 1. The number of nitrogens with one attached hydrogen (secondary N) is 1. The molecule has 1 heterocycles. The zero-order valence-corrected chi connectivity index (χ0v) is 13.2. The van der Waals surface area contributed by atoms with Crippen LogP contribution in [-0.2, 0) is 0 Å². The molecule has 0 spiro atoms. The van der Waals surface area contributed by atoms with Crippen molar-refractivity contribution in [3.63, 3.8) is 0 Å². The van der Waals surface area contributed by atoms with E-state index >= 15 is 0 Å². The molecule has 1 aromatic heterocycles. The Hall–Kier alpha value is -2.21. The molecule has 1 atom stereocenters. The molecule has 1 unspecified atom stereocenters. The molecule has 0 radical (unpaired) electrons. The molecule has 0 saturated heterocycles. The fraction of sp³-hybridized carbons (Fsp3) is 0.438. The summed E-state index contributed by atoms with van der Waals surface area (Å²) in [6.45, 7) is 6.16. The summed E-state index contributed by atoms with van der Waals surface area (Å²) in [4.78, 5) is 16.1. The lowest BCUT2D eigenvalue weighted by Gasteiger charge is -2.25. The van der Waals surface area contributed by atoms with E-state index in [1.165, 1.54) is 6.33 Å². The average molecular weight is 302 g/mol. The third-order valence-electron chi connectivity index (χ3n) is 3.23. The van der Waals surface area contributed by atoms with Gasteiger partial charge < -0.3 is 10.4 Å². The van der Waals surface area contributed by atoms with E-state index in [1.54, 1.807) is 35.3 Å². The summed E-state index contributed by atoms with van der Waals surface area (Å²) in [6, 6.07) is 6.83. The number of hydrogen-bond donors (Lipinski definition) is 2.